The van der Waals surface area contributed by atoms with Crippen LogP contribution in [0.25, 0.3) is 32.7 Å². The quantitative estimate of drug-likeness (QED) is 0.130. The van der Waals surface area contributed by atoms with Crippen LogP contribution in [0.4, 0.5) is 0 Å². The zero-order valence-electron chi connectivity index (χ0n) is 25.9. The topological polar surface area (TPSA) is 0 Å². The van der Waals surface area contributed by atoms with Crippen molar-refractivity contribution in [2.75, 3.05) is 0 Å². The molecule has 0 atom stereocenters. The van der Waals surface area contributed by atoms with E-state index in [1.54, 1.807) is 0 Å². The summed E-state index contributed by atoms with van der Waals surface area (Å²) in [7, 11) is 0. The van der Waals surface area contributed by atoms with E-state index in [0.717, 1.165) is 0 Å². The van der Waals surface area contributed by atoms with Crippen molar-refractivity contribution >= 4 is 53.2 Å². The fourth-order valence-corrected chi connectivity index (χ4v) is 4.77. The van der Waals surface area contributed by atoms with Gasteiger partial charge in [-0.3, -0.25) is 0 Å². The van der Waals surface area contributed by atoms with E-state index in [-0.39, 0.29) is 45.1 Å². The molecule has 5 rings (SSSR count). The normalized spacial score (nSPS) is 10.1. The van der Waals surface area contributed by atoms with Gasteiger partial charge in [-0.25, -0.2) is 0 Å². The van der Waals surface area contributed by atoms with Crippen LogP contribution < -0.4 is 0 Å². The molecule has 5 aromatic carbocycles. The molecular formula is C36H46Cl2SiZr-4. The van der Waals surface area contributed by atoms with E-state index < -0.39 is 0 Å². The molecule has 0 N–H and O–H groups in total. The van der Waals surface area contributed by atoms with E-state index in [4.69, 9.17) is 0 Å². The molecular weight excluding hydrogens is 623 g/mol. The summed E-state index contributed by atoms with van der Waals surface area (Å²) in [6.45, 7) is 20.9. The predicted octanol–water partition coefficient (Wildman–Crippen LogP) is 11.5. The summed E-state index contributed by atoms with van der Waals surface area (Å²) in [6.07, 6.45) is 0. The Kier molecular flexibility index (Phi) is 17.8. The Morgan fingerprint density at radius 3 is 1.85 bits per heavy atom. The Bertz CT molecular complexity index is 1420. The molecule has 0 nitrogen and oxygen atoms in total. The molecule has 40 heavy (non-hydrogen) atoms. The zero-order valence-corrected chi connectivity index (χ0v) is 31.0. The van der Waals surface area contributed by atoms with E-state index in [0.29, 0.717) is 5.92 Å². The molecule has 0 aliphatic rings. The van der Waals surface area contributed by atoms with Crippen LogP contribution >= 0.6 is 24.8 Å². The van der Waals surface area contributed by atoms with Gasteiger partial charge >= 0.3 is 30.2 Å². The van der Waals surface area contributed by atoms with E-state index in [1.165, 1.54) is 83.8 Å². The summed E-state index contributed by atoms with van der Waals surface area (Å²) in [5, 5.41) is 5.46. The molecule has 0 spiro atoms. The summed E-state index contributed by atoms with van der Waals surface area (Å²) in [5.41, 5.74) is 9.84. The first-order chi connectivity index (χ1) is 17.0. The number of hydrogen-bond acceptors (Lipinski definition) is 0. The average molecular weight is 669 g/mol. The van der Waals surface area contributed by atoms with Gasteiger partial charge in [-0.2, -0.15) is 12.1 Å². The minimum absolute atomic E-state index is 0. The van der Waals surface area contributed by atoms with Crippen molar-refractivity contribution in [3.63, 3.8) is 0 Å². The van der Waals surface area contributed by atoms with Crippen LogP contribution in [-0.4, -0.2) is 6.88 Å². The van der Waals surface area contributed by atoms with Crippen LogP contribution in [0.3, 0.4) is 0 Å². The Labute approximate surface area is 274 Å². The second-order valence-corrected chi connectivity index (χ2v) is 11.1. The molecule has 2 radical (unpaired) electrons. The molecule has 0 saturated heterocycles. The van der Waals surface area contributed by atoms with Crippen molar-refractivity contribution in [1.82, 2.24) is 0 Å². The zero-order chi connectivity index (χ0) is 26.6. The third-order valence-corrected chi connectivity index (χ3v) is 7.02. The minimum atomic E-state index is 0. The van der Waals surface area contributed by atoms with Crippen LogP contribution in [-0.2, 0) is 28.8 Å². The van der Waals surface area contributed by atoms with Crippen molar-refractivity contribution < 1.29 is 23.3 Å². The van der Waals surface area contributed by atoms with Gasteiger partial charge in [-0.1, -0.05) is 88.6 Å². The van der Waals surface area contributed by atoms with Crippen molar-refractivity contribution in [2.24, 2.45) is 0 Å². The molecule has 0 heterocycles. The van der Waals surface area contributed by atoms with Crippen LogP contribution in [0, 0.1) is 35.6 Å². The van der Waals surface area contributed by atoms with Gasteiger partial charge in [0.2, 0.25) is 0 Å². The third kappa shape index (κ3) is 9.55. The molecule has 0 bridgehead atoms. The second kappa shape index (κ2) is 17.5. The summed E-state index contributed by atoms with van der Waals surface area (Å²) >= 11 is 1.36. The Morgan fingerprint density at radius 2 is 1.32 bits per heavy atom. The summed E-state index contributed by atoms with van der Waals surface area (Å²) in [5.74, 6) is 0.636. The van der Waals surface area contributed by atoms with Crippen molar-refractivity contribution in [2.45, 2.75) is 66.7 Å². The van der Waals surface area contributed by atoms with Gasteiger partial charge in [-0.05, 0) is 36.3 Å². The standard InChI is InChI=1S/C22H25.C12H13.2CH3.2ClH.Si.Zr/c1-14-11-18-13-15(2)16(3)21(20(18)12-14)17-7-9-19(10-8-17)22(4,5)6;1-9(2)12-7-10-5-3-4-6-11(10)8-12;;;;;;/h7-13H,1-6H3;3-9H,1-2H3;2*1H3;2*1H;;/q4*-1;;;;. The Balaban J connectivity index is 0. The summed E-state index contributed by atoms with van der Waals surface area (Å²) in [6, 6.07) is 29.1. The fraction of sp³-hybridized carbons (Fsp3) is 0.278. The van der Waals surface area contributed by atoms with Gasteiger partial charge < -0.3 is 14.9 Å². The first kappa shape index (κ1) is 40.7. The van der Waals surface area contributed by atoms with Crippen molar-refractivity contribution in [1.29, 1.82) is 0 Å². The van der Waals surface area contributed by atoms with Gasteiger partial charge in [0, 0.05) is 0 Å². The van der Waals surface area contributed by atoms with Crippen LogP contribution in [0.1, 0.15) is 68.4 Å². The molecule has 0 aliphatic heterocycles. The van der Waals surface area contributed by atoms with E-state index in [2.05, 4.69) is 141 Å². The molecule has 0 unspecified atom stereocenters. The van der Waals surface area contributed by atoms with Crippen molar-refractivity contribution in [3.8, 4) is 11.1 Å². The molecule has 0 amide bonds. The maximum absolute atomic E-state index is 3.06. The Hall–Kier alpha value is -1.44. The third-order valence-electron chi connectivity index (χ3n) is 7.02. The number of fused-ring (bicyclic) bond motifs is 2. The molecule has 4 heteroatoms. The molecule has 0 saturated carbocycles. The molecule has 0 fully saturated rings. The number of benzene rings is 3. The van der Waals surface area contributed by atoms with E-state index in [1.807, 2.05) is 0 Å². The Morgan fingerprint density at radius 1 is 0.750 bits per heavy atom. The van der Waals surface area contributed by atoms with Crippen LogP contribution in [0.5, 0.6) is 0 Å². The number of rotatable bonds is 2. The SMILES string of the molecule is CC(C)c1cc2ccccc2[cH-]1.Cc1cc2c(-c3ccc(C(C)(C)C)cc3)c(C)c(C)cc2[cH-]1.Cl.Cl.[CH3-].[CH3-].[Si]=[Zr]. The molecule has 0 aromatic heterocycles. The number of hydrogen-bond donors (Lipinski definition) is 0. The van der Waals surface area contributed by atoms with Gasteiger partial charge in [0.15, 0.2) is 0 Å². The van der Waals surface area contributed by atoms with Crippen molar-refractivity contribution in [3.05, 3.63) is 122 Å². The second-order valence-electron chi connectivity index (χ2n) is 11.1. The molecule has 0 aliphatic carbocycles. The summed E-state index contributed by atoms with van der Waals surface area (Å²) in [4.78, 5) is 0. The summed E-state index contributed by atoms with van der Waals surface area (Å²) < 4.78 is 0. The molecule has 216 valence electrons. The first-order valence-electron chi connectivity index (χ1n) is 12.7. The monoisotopic (exact) mass is 666 g/mol. The van der Waals surface area contributed by atoms with Gasteiger partial charge in [-0.15, -0.1) is 93.9 Å². The molecule has 5 aromatic rings. The predicted molar refractivity (Wildman–Crippen MR) is 185 cm³/mol. The average Bonchev–Trinajstić information content (AvgIpc) is 3.44. The number of aryl methyl sites for hydroxylation is 2. The van der Waals surface area contributed by atoms with Gasteiger partial charge in [0.05, 0.1) is 0 Å². The van der Waals surface area contributed by atoms with Gasteiger partial charge in [0.25, 0.3) is 0 Å². The van der Waals surface area contributed by atoms with Crippen LogP contribution in [0.2, 0.25) is 0 Å². The maximum atomic E-state index is 3.06. The van der Waals surface area contributed by atoms with E-state index in [9.17, 15) is 0 Å². The number of halogens is 2. The first-order valence-corrected chi connectivity index (χ1v) is 16.9. The van der Waals surface area contributed by atoms with Crippen LogP contribution in [0.15, 0.2) is 78.9 Å². The van der Waals surface area contributed by atoms with Gasteiger partial charge in [0.1, 0.15) is 0 Å². The fourth-order valence-electron chi connectivity index (χ4n) is 4.77. The van der Waals surface area contributed by atoms with E-state index >= 15 is 0 Å².